The Balaban J connectivity index is 1.32. The van der Waals surface area contributed by atoms with Crippen molar-refractivity contribution in [3.63, 3.8) is 0 Å². The van der Waals surface area contributed by atoms with Gasteiger partial charge < -0.3 is 28.4 Å². The first-order valence-corrected chi connectivity index (χ1v) is 11.7. The smallest absolute Gasteiger partial charge is 0.253 e. The number of piperidine rings is 1. The highest BCUT2D eigenvalue weighted by Gasteiger charge is 2.44. The Labute approximate surface area is 204 Å². The molecule has 0 bridgehead atoms. The Morgan fingerprint density at radius 1 is 1.11 bits per heavy atom. The third kappa shape index (κ3) is 4.23. The molecule has 1 amide bonds. The van der Waals surface area contributed by atoms with Gasteiger partial charge in [-0.2, -0.15) is 0 Å². The summed E-state index contributed by atoms with van der Waals surface area (Å²) in [7, 11) is 3.17. The fourth-order valence-electron chi connectivity index (χ4n) is 4.99. The highest BCUT2D eigenvalue weighted by atomic mass is 19.1. The first-order valence-electron chi connectivity index (χ1n) is 11.7. The minimum Gasteiger partial charge on any atom is -0.493 e. The number of carbonyl (C=O) groups excluding carboxylic acids is 1. The summed E-state index contributed by atoms with van der Waals surface area (Å²) in [4.78, 5) is 15.2. The molecule has 2 aliphatic heterocycles. The number of likely N-dealkylation sites (tertiary alicyclic amines) is 1. The molecule has 2 aromatic carbocycles. The van der Waals surface area contributed by atoms with Crippen molar-refractivity contribution in [3.8, 4) is 22.9 Å². The number of amides is 1. The highest BCUT2D eigenvalue weighted by molar-refractivity contribution is 5.95. The van der Waals surface area contributed by atoms with E-state index in [0.717, 1.165) is 11.4 Å². The lowest BCUT2D eigenvalue weighted by atomic mass is 9.86. The van der Waals surface area contributed by atoms with E-state index >= 15 is 0 Å². The number of fused-ring (bicyclic) bond motifs is 4. The summed E-state index contributed by atoms with van der Waals surface area (Å²) in [6, 6.07) is 13.8. The third-order valence-corrected chi connectivity index (χ3v) is 6.70. The van der Waals surface area contributed by atoms with Crippen LogP contribution in [0.25, 0.3) is 5.69 Å². The average molecular weight is 481 g/mol. The van der Waals surface area contributed by atoms with Gasteiger partial charge in [-0.05, 0) is 49.4 Å². The lowest BCUT2D eigenvalue weighted by molar-refractivity contribution is -0.00951. The molecule has 1 spiro atoms. The van der Waals surface area contributed by atoms with E-state index in [1.165, 1.54) is 12.1 Å². The zero-order chi connectivity index (χ0) is 24.6. The number of rotatable bonds is 6. The van der Waals surface area contributed by atoms with Crippen LogP contribution in [0.5, 0.6) is 17.2 Å². The number of hydrogen-bond donors (Lipinski definition) is 0. The van der Waals surface area contributed by atoms with Crippen molar-refractivity contribution in [3.05, 3.63) is 71.8 Å². The zero-order valence-corrected chi connectivity index (χ0v) is 20.1. The van der Waals surface area contributed by atoms with Gasteiger partial charge in [0.25, 0.3) is 5.91 Å². The van der Waals surface area contributed by atoms with Crippen LogP contribution in [0, 0.1) is 5.82 Å². The zero-order valence-electron chi connectivity index (χ0n) is 20.1. The van der Waals surface area contributed by atoms with Crippen LogP contribution in [0.1, 0.15) is 35.8 Å². The lowest BCUT2D eigenvalue weighted by Crippen LogP contribution is -2.50. The van der Waals surface area contributed by atoms with Crippen LogP contribution in [0.4, 0.5) is 4.39 Å². The molecule has 1 atom stereocenters. The van der Waals surface area contributed by atoms with Crippen LogP contribution < -0.4 is 14.2 Å². The summed E-state index contributed by atoms with van der Waals surface area (Å²) in [6.45, 7) is 3.38. The van der Waals surface area contributed by atoms with Gasteiger partial charge in [-0.25, -0.2) is 4.39 Å². The minimum absolute atomic E-state index is 0.0766. The monoisotopic (exact) mass is 480 g/mol. The molecule has 0 unspecified atom stereocenters. The van der Waals surface area contributed by atoms with E-state index in [0.29, 0.717) is 55.4 Å². The maximum Gasteiger partial charge on any atom is 0.253 e. The molecule has 1 fully saturated rings. The molecule has 0 saturated carbocycles. The molecular weight excluding hydrogens is 451 g/mol. The second-order valence-electron chi connectivity index (χ2n) is 9.01. The van der Waals surface area contributed by atoms with E-state index in [1.54, 1.807) is 38.5 Å². The van der Waals surface area contributed by atoms with Gasteiger partial charge in [-0.15, -0.1) is 0 Å². The first-order chi connectivity index (χ1) is 16.9. The fourth-order valence-corrected chi connectivity index (χ4v) is 4.99. The van der Waals surface area contributed by atoms with E-state index in [2.05, 4.69) is 4.57 Å². The van der Waals surface area contributed by atoms with Crippen LogP contribution in [0.15, 0.2) is 54.7 Å². The summed E-state index contributed by atoms with van der Waals surface area (Å²) in [5.41, 5.74) is 1.78. The second kappa shape index (κ2) is 9.26. The van der Waals surface area contributed by atoms with Gasteiger partial charge in [0.1, 0.15) is 17.7 Å². The van der Waals surface area contributed by atoms with Gasteiger partial charge in [-0.3, -0.25) is 4.79 Å². The Hall–Kier alpha value is -3.52. The van der Waals surface area contributed by atoms with E-state index in [4.69, 9.17) is 18.9 Å². The first kappa shape index (κ1) is 23.2. The number of hydrogen-bond acceptors (Lipinski definition) is 5. The molecule has 1 saturated heterocycles. The molecule has 0 radical (unpaired) electrons. The Morgan fingerprint density at radius 3 is 2.66 bits per heavy atom. The van der Waals surface area contributed by atoms with Crippen LogP contribution >= 0.6 is 0 Å². The number of methoxy groups -OCH3 is 2. The van der Waals surface area contributed by atoms with Crippen LogP contribution in [0.3, 0.4) is 0 Å². The molecule has 2 aliphatic rings. The van der Waals surface area contributed by atoms with E-state index in [1.807, 2.05) is 30.2 Å². The largest absolute Gasteiger partial charge is 0.493 e. The summed E-state index contributed by atoms with van der Waals surface area (Å²) < 4.78 is 38.9. The number of nitrogens with zero attached hydrogens (tertiary/aromatic N) is 2. The van der Waals surface area contributed by atoms with Crippen LogP contribution in [-0.4, -0.2) is 55.4 Å². The maximum atomic E-state index is 13.9. The molecular formula is C27H29FN2O5. The summed E-state index contributed by atoms with van der Waals surface area (Å²) in [6.07, 6.45) is 3.02. The number of carbonyl (C=O) groups is 1. The summed E-state index contributed by atoms with van der Waals surface area (Å²) >= 11 is 0. The predicted molar refractivity (Wildman–Crippen MR) is 128 cm³/mol. The minimum atomic E-state index is -0.603. The average Bonchev–Trinajstić information content (AvgIpc) is 3.36. The SMILES string of the molecule is COC[C@H](C)Oc1ccc(C(=O)N2CCC3(CC2)Oc2cc(F)ccc2-n2cccc23)cc1OC. The van der Waals surface area contributed by atoms with Crippen molar-refractivity contribution in [1.82, 2.24) is 9.47 Å². The number of ether oxygens (including phenoxy) is 4. The predicted octanol–water partition coefficient (Wildman–Crippen LogP) is 4.56. The van der Waals surface area contributed by atoms with E-state index in [9.17, 15) is 9.18 Å². The van der Waals surface area contributed by atoms with Gasteiger partial charge in [0.2, 0.25) is 0 Å². The number of benzene rings is 2. The van der Waals surface area contributed by atoms with Gasteiger partial charge in [-0.1, -0.05) is 0 Å². The van der Waals surface area contributed by atoms with Crippen molar-refractivity contribution in [1.29, 1.82) is 0 Å². The fraction of sp³-hybridized carbons (Fsp3) is 0.370. The third-order valence-electron chi connectivity index (χ3n) is 6.70. The quantitative estimate of drug-likeness (QED) is 0.518. The van der Waals surface area contributed by atoms with Crippen molar-refractivity contribution >= 4 is 5.91 Å². The summed E-state index contributed by atoms with van der Waals surface area (Å²) in [5, 5.41) is 0. The molecule has 0 aliphatic carbocycles. The summed E-state index contributed by atoms with van der Waals surface area (Å²) in [5.74, 6) is 1.18. The van der Waals surface area contributed by atoms with E-state index in [-0.39, 0.29) is 17.8 Å². The molecule has 3 heterocycles. The lowest BCUT2D eigenvalue weighted by Gasteiger charge is -2.45. The van der Waals surface area contributed by atoms with Crippen molar-refractivity contribution in [2.75, 3.05) is 33.9 Å². The highest BCUT2D eigenvalue weighted by Crippen LogP contribution is 2.45. The maximum absolute atomic E-state index is 13.9. The second-order valence-corrected chi connectivity index (χ2v) is 9.01. The Kier molecular flexibility index (Phi) is 6.15. The van der Waals surface area contributed by atoms with E-state index < -0.39 is 5.60 Å². The van der Waals surface area contributed by atoms with Crippen molar-refractivity contribution < 1.29 is 28.1 Å². The Morgan fingerprint density at radius 2 is 1.91 bits per heavy atom. The number of halogens is 1. The standard InChI is InChI=1S/C27H29FN2O5/c1-18(17-32-2)34-22-9-6-19(15-24(22)33-3)26(31)29-13-10-27(11-14-29)25-5-4-12-30(25)21-8-7-20(28)16-23(21)35-27/h4-9,12,15-16,18H,10-11,13-14,17H2,1-3H3/t18-/m0/s1. The molecule has 3 aromatic rings. The van der Waals surface area contributed by atoms with Crippen LogP contribution in [-0.2, 0) is 10.3 Å². The Bertz CT molecular complexity index is 1230. The molecule has 184 valence electrons. The molecule has 1 aromatic heterocycles. The number of aromatic nitrogens is 1. The topological polar surface area (TPSA) is 62.2 Å². The van der Waals surface area contributed by atoms with Crippen LogP contribution in [0.2, 0.25) is 0 Å². The molecule has 35 heavy (non-hydrogen) atoms. The van der Waals surface area contributed by atoms with Crippen molar-refractivity contribution in [2.24, 2.45) is 0 Å². The van der Waals surface area contributed by atoms with Gasteiger partial charge in [0.15, 0.2) is 17.1 Å². The molecule has 7 nitrogen and oxygen atoms in total. The molecule has 0 N–H and O–H groups in total. The van der Waals surface area contributed by atoms with Crippen molar-refractivity contribution in [2.45, 2.75) is 31.5 Å². The normalized spacial score (nSPS) is 16.7. The van der Waals surface area contributed by atoms with Gasteiger partial charge in [0, 0.05) is 50.9 Å². The molecule has 8 heteroatoms. The van der Waals surface area contributed by atoms with Gasteiger partial charge in [0.05, 0.1) is 25.1 Å². The van der Waals surface area contributed by atoms with Gasteiger partial charge >= 0.3 is 0 Å². The molecule has 5 rings (SSSR count).